The number of hydrogen-bond donors (Lipinski definition) is 1. The van der Waals surface area contributed by atoms with Gasteiger partial charge < -0.3 is 15.4 Å². The Morgan fingerprint density at radius 3 is 3.00 bits per heavy atom. The number of rotatable bonds is 1. The van der Waals surface area contributed by atoms with Crippen molar-refractivity contribution in [2.24, 2.45) is 5.73 Å². The third-order valence-electron chi connectivity index (χ3n) is 2.55. The number of aryl methyl sites for hydroxylation is 1. The lowest BCUT2D eigenvalue weighted by molar-refractivity contribution is -0.124. The van der Waals surface area contributed by atoms with E-state index in [4.69, 9.17) is 10.5 Å². The molecule has 1 heterocycles. The summed E-state index contributed by atoms with van der Waals surface area (Å²) in [6.45, 7) is 2.53. The van der Waals surface area contributed by atoms with Crippen molar-refractivity contribution in [1.29, 1.82) is 0 Å². The monoisotopic (exact) mass is 206 g/mol. The molecule has 1 aliphatic heterocycles. The van der Waals surface area contributed by atoms with Gasteiger partial charge >= 0.3 is 0 Å². The van der Waals surface area contributed by atoms with Crippen LogP contribution in [0.4, 0.5) is 5.69 Å². The summed E-state index contributed by atoms with van der Waals surface area (Å²) in [7, 11) is 1.93. The molecular formula is C11H14N2O2. The summed E-state index contributed by atoms with van der Waals surface area (Å²) in [5.41, 5.74) is 7.40. The number of carbonyl (C=O) groups excluding carboxylic acids is 1. The van der Waals surface area contributed by atoms with Crippen LogP contribution < -0.4 is 15.4 Å². The lowest BCUT2D eigenvalue weighted by Gasteiger charge is -2.32. The first-order valence-corrected chi connectivity index (χ1v) is 4.85. The first-order chi connectivity index (χ1) is 7.08. The summed E-state index contributed by atoms with van der Waals surface area (Å²) in [6, 6.07) is 5.86. The summed E-state index contributed by atoms with van der Waals surface area (Å²) in [4.78, 5) is 13.0. The van der Waals surface area contributed by atoms with Gasteiger partial charge in [-0.25, -0.2) is 0 Å². The minimum absolute atomic E-state index is 0.423. The molecule has 0 aromatic heterocycles. The van der Waals surface area contributed by atoms with Crippen molar-refractivity contribution in [3.8, 4) is 5.75 Å². The third-order valence-corrected chi connectivity index (χ3v) is 2.55. The van der Waals surface area contributed by atoms with Gasteiger partial charge in [-0.2, -0.15) is 0 Å². The predicted molar refractivity (Wildman–Crippen MR) is 58.1 cm³/mol. The highest BCUT2D eigenvalue weighted by Gasteiger charge is 2.27. The molecule has 4 heteroatoms. The molecule has 1 aromatic carbocycles. The van der Waals surface area contributed by atoms with Crippen LogP contribution in [0.15, 0.2) is 18.2 Å². The quantitative estimate of drug-likeness (QED) is 0.735. The number of fused-ring (bicyclic) bond motifs is 1. The van der Waals surface area contributed by atoms with Crippen molar-refractivity contribution < 1.29 is 9.53 Å². The zero-order chi connectivity index (χ0) is 11.0. The molecule has 0 spiro atoms. The smallest absolute Gasteiger partial charge is 0.260 e. The molecule has 0 saturated carbocycles. The largest absolute Gasteiger partial charge is 0.477 e. The average molecular weight is 206 g/mol. The third kappa shape index (κ3) is 1.75. The van der Waals surface area contributed by atoms with Crippen molar-refractivity contribution in [2.45, 2.75) is 13.0 Å². The minimum atomic E-state index is -0.551. The molecule has 0 radical (unpaired) electrons. The Hall–Kier alpha value is -1.71. The molecule has 0 saturated heterocycles. The normalized spacial score (nSPS) is 19.3. The van der Waals surface area contributed by atoms with Gasteiger partial charge in [-0.3, -0.25) is 4.79 Å². The Morgan fingerprint density at radius 1 is 1.60 bits per heavy atom. The number of likely N-dealkylation sites (N-methyl/N-ethyl adjacent to an activating group) is 1. The zero-order valence-electron chi connectivity index (χ0n) is 8.86. The molecule has 4 nitrogen and oxygen atoms in total. The van der Waals surface area contributed by atoms with Crippen LogP contribution in [-0.4, -0.2) is 25.6 Å². The van der Waals surface area contributed by atoms with Crippen molar-refractivity contribution in [2.75, 3.05) is 18.5 Å². The minimum Gasteiger partial charge on any atom is -0.477 e. The van der Waals surface area contributed by atoms with Gasteiger partial charge in [0.25, 0.3) is 5.91 Å². The highest BCUT2D eigenvalue weighted by Crippen LogP contribution is 2.32. The molecule has 2 N–H and O–H groups in total. The van der Waals surface area contributed by atoms with E-state index in [1.165, 1.54) is 5.56 Å². The highest BCUT2D eigenvalue weighted by atomic mass is 16.5. The second kappa shape index (κ2) is 3.46. The lowest BCUT2D eigenvalue weighted by Crippen LogP contribution is -2.45. The van der Waals surface area contributed by atoms with E-state index in [0.717, 1.165) is 11.4 Å². The van der Waals surface area contributed by atoms with Crippen molar-refractivity contribution >= 4 is 11.6 Å². The number of primary amides is 1. The van der Waals surface area contributed by atoms with Crippen LogP contribution in [0.2, 0.25) is 0 Å². The first kappa shape index (κ1) is 9.83. The summed E-state index contributed by atoms with van der Waals surface area (Å²) in [5, 5.41) is 0. The maximum atomic E-state index is 11.0. The number of ether oxygens (including phenoxy) is 1. The van der Waals surface area contributed by atoms with Crippen LogP contribution in [0, 0.1) is 6.92 Å². The van der Waals surface area contributed by atoms with E-state index < -0.39 is 12.0 Å². The fourth-order valence-corrected chi connectivity index (χ4v) is 1.71. The maximum absolute atomic E-state index is 11.0. The standard InChI is InChI=1S/C11H14N2O2/c1-7-3-4-9-8(5-7)13(2)6-10(15-9)11(12)14/h3-5,10H,6H2,1-2H3,(H2,12,14). The number of nitrogens with zero attached hydrogens (tertiary/aromatic N) is 1. The number of amides is 1. The lowest BCUT2D eigenvalue weighted by atomic mass is 10.1. The summed E-state index contributed by atoms with van der Waals surface area (Å²) < 4.78 is 5.50. The summed E-state index contributed by atoms with van der Waals surface area (Å²) >= 11 is 0. The summed E-state index contributed by atoms with van der Waals surface area (Å²) in [6.07, 6.45) is -0.551. The second-order valence-electron chi connectivity index (χ2n) is 3.86. The van der Waals surface area contributed by atoms with Crippen LogP contribution >= 0.6 is 0 Å². The number of benzene rings is 1. The van der Waals surface area contributed by atoms with E-state index in [-0.39, 0.29) is 0 Å². The predicted octanol–water partition coefficient (Wildman–Crippen LogP) is 0.678. The van der Waals surface area contributed by atoms with Gasteiger partial charge in [-0.15, -0.1) is 0 Å². The van der Waals surface area contributed by atoms with Gasteiger partial charge in [-0.05, 0) is 24.6 Å². The highest BCUT2D eigenvalue weighted by molar-refractivity contribution is 5.81. The van der Waals surface area contributed by atoms with Crippen molar-refractivity contribution in [3.63, 3.8) is 0 Å². The van der Waals surface area contributed by atoms with Crippen LogP contribution in [0.3, 0.4) is 0 Å². The molecule has 2 rings (SSSR count). The molecule has 1 aromatic rings. The zero-order valence-corrected chi connectivity index (χ0v) is 8.86. The van der Waals surface area contributed by atoms with E-state index in [2.05, 4.69) is 0 Å². The Morgan fingerprint density at radius 2 is 2.33 bits per heavy atom. The van der Waals surface area contributed by atoms with Gasteiger partial charge in [0.2, 0.25) is 0 Å². The van der Waals surface area contributed by atoms with E-state index in [9.17, 15) is 4.79 Å². The summed E-state index contributed by atoms with van der Waals surface area (Å²) in [5.74, 6) is 0.297. The van der Waals surface area contributed by atoms with Crippen molar-refractivity contribution in [3.05, 3.63) is 23.8 Å². The van der Waals surface area contributed by atoms with Gasteiger partial charge in [0.1, 0.15) is 5.75 Å². The second-order valence-corrected chi connectivity index (χ2v) is 3.86. The topological polar surface area (TPSA) is 55.6 Å². The van der Waals surface area contributed by atoms with Crippen LogP contribution in [0.1, 0.15) is 5.56 Å². The number of hydrogen-bond acceptors (Lipinski definition) is 3. The van der Waals surface area contributed by atoms with Crippen LogP contribution in [-0.2, 0) is 4.79 Å². The number of nitrogens with two attached hydrogens (primary N) is 1. The Kier molecular flexibility index (Phi) is 2.26. The first-order valence-electron chi connectivity index (χ1n) is 4.85. The van der Waals surface area contributed by atoms with Crippen LogP contribution in [0.5, 0.6) is 5.75 Å². The molecule has 0 aliphatic carbocycles. The molecule has 1 unspecified atom stereocenters. The van der Waals surface area contributed by atoms with Gasteiger partial charge in [0.15, 0.2) is 6.10 Å². The van der Waals surface area contributed by atoms with Gasteiger partial charge in [-0.1, -0.05) is 6.07 Å². The SMILES string of the molecule is Cc1ccc2c(c1)N(C)CC(C(N)=O)O2. The molecule has 0 fully saturated rings. The Bertz CT molecular complexity index is 404. The molecule has 0 bridgehead atoms. The Balaban J connectivity index is 2.36. The molecule has 1 atom stereocenters. The van der Waals surface area contributed by atoms with Crippen molar-refractivity contribution in [1.82, 2.24) is 0 Å². The maximum Gasteiger partial charge on any atom is 0.260 e. The van der Waals surface area contributed by atoms with E-state index in [1.807, 2.05) is 37.1 Å². The molecule has 15 heavy (non-hydrogen) atoms. The number of carbonyl (C=O) groups is 1. The number of anilines is 1. The molecule has 1 amide bonds. The molecule has 1 aliphatic rings. The van der Waals surface area contributed by atoms with Crippen LogP contribution in [0.25, 0.3) is 0 Å². The van der Waals surface area contributed by atoms with Gasteiger partial charge in [0, 0.05) is 7.05 Å². The van der Waals surface area contributed by atoms with E-state index >= 15 is 0 Å². The average Bonchev–Trinajstić information content (AvgIpc) is 2.18. The fourth-order valence-electron chi connectivity index (χ4n) is 1.71. The van der Waals surface area contributed by atoms with E-state index in [1.54, 1.807) is 0 Å². The van der Waals surface area contributed by atoms with E-state index in [0.29, 0.717) is 6.54 Å². The fraction of sp³-hybridized carbons (Fsp3) is 0.364. The molecular weight excluding hydrogens is 192 g/mol. The Labute approximate surface area is 88.6 Å². The van der Waals surface area contributed by atoms with Gasteiger partial charge in [0.05, 0.1) is 12.2 Å². The molecule has 80 valence electrons.